The molecular weight excluding hydrogens is 392 g/mol. The number of hydrogen-bond acceptors (Lipinski definition) is 7. The predicted molar refractivity (Wildman–Crippen MR) is 109 cm³/mol. The van der Waals surface area contributed by atoms with Gasteiger partial charge in [-0.1, -0.05) is 0 Å². The molecule has 1 amide bonds. The third-order valence-electron chi connectivity index (χ3n) is 6.70. The Labute approximate surface area is 179 Å². The zero-order valence-corrected chi connectivity index (χ0v) is 16.8. The van der Waals surface area contributed by atoms with Crippen LogP contribution in [0.1, 0.15) is 48.4 Å². The van der Waals surface area contributed by atoms with Gasteiger partial charge in [0.05, 0.1) is 29.2 Å². The van der Waals surface area contributed by atoms with Crippen LogP contribution in [0.2, 0.25) is 0 Å². The summed E-state index contributed by atoms with van der Waals surface area (Å²) in [6, 6.07) is 9.10. The third kappa shape index (κ3) is 3.30. The van der Waals surface area contributed by atoms with Gasteiger partial charge < -0.3 is 4.74 Å². The van der Waals surface area contributed by atoms with Gasteiger partial charge in [-0.05, 0) is 48.8 Å². The molecule has 8 nitrogen and oxygen atoms in total. The summed E-state index contributed by atoms with van der Waals surface area (Å²) in [5, 5.41) is 24.0. The second kappa shape index (κ2) is 7.48. The Bertz CT molecular complexity index is 1120. The first-order valence-electron chi connectivity index (χ1n) is 10.3. The molecular formula is C23H20N6O2. The highest BCUT2D eigenvalue weighted by atomic mass is 16.5. The lowest BCUT2D eigenvalue weighted by molar-refractivity contribution is -0.148. The quantitative estimate of drug-likeness (QED) is 0.745. The molecule has 0 aromatic carbocycles. The summed E-state index contributed by atoms with van der Waals surface area (Å²) in [6.07, 6.45) is 9.60. The summed E-state index contributed by atoms with van der Waals surface area (Å²) >= 11 is 0. The van der Waals surface area contributed by atoms with Crippen molar-refractivity contribution in [3.05, 3.63) is 53.5 Å². The number of ether oxygens (including phenoxy) is 1. The molecule has 1 aliphatic heterocycles. The van der Waals surface area contributed by atoms with Gasteiger partial charge in [0.1, 0.15) is 12.1 Å². The van der Waals surface area contributed by atoms with E-state index >= 15 is 0 Å². The van der Waals surface area contributed by atoms with E-state index in [4.69, 9.17) is 15.3 Å². The van der Waals surface area contributed by atoms with Crippen molar-refractivity contribution in [2.75, 3.05) is 6.61 Å². The molecule has 154 valence electrons. The maximum Gasteiger partial charge on any atom is 0.249 e. The molecule has 3 heterocycles. The Morgan fingerprint density at radius 3 is 2.74 bits per heavy atom. The SMILES string of the molecule is N#Cc1ccc(OC[C@@H]2CC3(C(=O)N4N=CCC4c4cncc(C#N)c4)CC2C3)nc1. The van der Waals surface area contributed by atoms with Crippen LogP contribution in [0.4, 0.5) is 0 Å². The number of rotatable bonds is 5. The van der Waals surface area contributed by atoms with Gasteiger partial charge in [-0.15, -0.1) is 0 Å². The van der Waals surface area contributed by atoms with Crippen LogP contribution in [-0.4, -0.2) is 33.7 Å². The van der Waals surface area contributed by atoms with E-state index in [1.54, 1.807) is 35.6 Å². The van der Waals surface area contributed by atoms with Gasteiger partial charge in [-0.25, -0.2) is 9.99 Å². The maximum absolute atomic E-state index is 13.5. The van der Waals surface area contributed by atoms with Crippen LogP contribution in [0.25, 0.3) is 0 Å². The van der Waals surface area contributed by atoms with E-state index in [-0.39, 0.29) is 17.4 Å². The van der Waals surface area contributed by atoms with Gasteiger partial charge in [0.2, 0.25) is 11.8 Å². The molecule has 0 saturated heterocycles. The number of hydrogen-bond donors (Lipinski definition) is 0. The molecule has 0 radical (unpaired) electrons. The van der Waals surface area contributed by atoms with Gasteiger partial charge in [0.15, 0.2) is 0 Å². The van der Waals surface area contributed by atoms with Crippen molar-refractivity contribution in [3.8, 4) is 18.0 Å². The number of pyridine rings is 2. The standard InChI is InChI=1S/C23H20N6O2/c24-9-15-1-2-21(27-12-15)31-14-19-8-23(6-18(19)7-23)22(30)29-20(3-4-28-29)17-5-16(10-25)11-26-13-17/h1-2,4-5,11-13,18-20H,3,6-8,14H2/t18?,19-,20?,23?/m0/s1. The molecule has 0 spiro atoms. The largest absolute Gasteiger partial charge is 0.477 e. The molecule has 0 N–H and O–H groups in total. The number of aromatic nitrogens is 2. The van der Waals surface area contributed by atoms with Gasteiger partial charge in [0.25, 0.3) is 0 Å². The molecule has 1 unspecified atom stereocenters. The zero-order valence-electron chi connectivity index (χ0n) is 16.8. The molecule has 2 bridgehead atoms. The van der Waals surface area contributed by atoms with E-state index in [1.165, 1.54) is 12.4 Å². The fraction of sp³-hybridized carbons (Fsp3) is 0.391. The van der Waals surface area contributed by atoms with Crippen molar-refractivity contribution in [2.24, 2.45) is 22.4 Å². The average Bonchev–Trinajstić information content (AvgIpc) is 3.51. The molecule has 8 heteroatoms. The van der Waals surface area contributed by atoms with E-state index in [2.05, 4.69) is 21.1 Å². The molecule has 2 aromatic heterocycles. The fourth-order valence-electron chi connectivity index (χ4n) is 5.12. The minimum Gasteiger partial charge on any atom is -0.477 e. The molecule has 3 fully saturated rings. The van der Waals surface area contributed by atoms with E-state index in [1.807, 2.05) is 6.07 Å². The maximum atomic E-state index is 13.5. The van der Waals surface area contributed by atoms with Crippen LogP contribution in [0, 0.1) is 39.9 Å². The number of amides is 1. The molecule has 3 aliphatic carbocycles. The Balaban J connectivity index is 1.25. The first kappa shape index (κ1) is 19.2. The monoisotopic (exact) mass is 412 g/mol. The van der Waals surface area contributed by atoms with Crippen LogP contribution in [0.15, 0.2) is 41.9 Å². The van der Waals surface area contributed by atoms with Gasteiger partial charge in [-0.3, -0.25) is 9.78 Å². The van der Waals surface area contributed by atoms with Crippen molar-refractivity contribution < 1.29 is 9.53 Å². The molecule has 31 heavy (non-hydrogen) atoms. The molecule has 4 aliphatic rings. The van der Waals surface area contributed by atoms with E-state index in [0.29, 0.717) is 41.9 Å². The topological polar surface area (TPSA) is 115 Å². The van der Waals surface area contributed by atoms with Crippen molar-refractivity contribution in [2.45, 2.75) is 31.7 Å². The van der Waals surface area contributed by atoms with Gasteiger partial charge in [0, 0.05) is 37.3 Å². The van der Waals surface area contributed by atoms with Crippen LogP contribution >= 0.6 is 0 Å². The fourth-order valence-corrected chi connectivity index (χ4v) is 5.12. The Morgan fingerprint density at radius 2 is 2.00 bits per heavy atom. The molecule has 2 aromatic rings. The minimum atomic E-state index is -0.378. The summed E-state index contributed by atoms with van der Waals surface area (Å²) in [5.74, 6) is 1.33. The molecule has 3 saturated carbocycles. The lowest BCUT2D eigenvalue weighted by atomic mass is 9.68. The Kier molecular flexibility index (Phi) is 4.63. The van der Waals surface area contributed by atoms with Crippen molar-refractivity contribution in [1.82, 2.24) is 15.0 Å². The van der Waals surface area contributed by atoms with Crippen molar-refractivity contribution in [3.63, 3.8) is 0 Å². The van der Waals surface area contributed by atoms with E-state index in [9.17, 15) is 4.79 Å². The number of carbonyl (C=O) groups excluding carboxylic acids is 1. The van der Waals surface area contributed by atoms with E-state index in [0.717, 1.165) is 24.8 Å². The number of fused-ring (bicyclic) bond motifs is 1. The summed E-state index contributed by atoms with van der Waals surface area (Å²) < 4.78 is 5.84. The lowest BCUT2D eigenvalue weighted by Gasteiger charge is -2.40. The van der Waals surface area contributed by atoms with Crippen LogP contribution in [0.5, 0.6) is 5.88 Å². The van der Waals surface area contributed by atoms with Crippen molar-refractivity contribution >= 4 is 12.1 Å². The number of hydrazone groups is 1. The predicted octanol–water partition coefficient (Wildman–Crippen LogP) is 2.97. The highest BCUT2D eigenvalue weighted by Gasteiger charge is 2.62. The Hall–Kier alpha value is -3.78. The number of carbonyl (C=O) groups is 1. The smallest absolute Gasteiger partial charge is 0.249 e. The van der Waals surface area contributed by atoms with E-state index < -0.39 is 0 Å². The number of nitriles is 2. The highest BCUT2D eigenvalue weighted by molar-refractivity contribution is 5.86. The summed E-state index contributed by atoms with van der Waals surface area (Å²) in [7, 11) is 0. The Morgan fingerprint density at radius 1 is 1.16 bits per heavy atom. The third-order valence-corrected chi connectivity index (χ3v) is 6.70. The first-order chi connectivity index (χ1) is 15.1. The summed E-state index contributed by atoms with van der Waals surface area (Å²) in [5.41, 5.74) is 1.43. The second-order valence-corrected chi connectivity index (χ2v) is 8.54. The minimum absolute atomic E-state index is 0.0591. The van der Waals surface area contributed by atoms with Crippen molar-refractivity contribution in [1.29, 1.82) is 10.5 Å². The zero-order chi connectivity index (χ0) is 21.4. The average molecular weight is 412 g/mol. The summed E-state index contributed by atoms with van der Waals surface area (Å²) in [4.78, 5) is 21.8. The first-order valence-corrected chi connectivity index (χ1v) is 10.3. The molecule has 6 rings (SSSR count). The van der Waals surface area contributed by atoms with Crippen LogP contribution < -0.4 is 4.74 Å². The second-order valence-electron chi connectivity index (χ2n) is 8.54. The van der Waals surface area contributed by atoms with Gasteiger partial charge >= 0.3 is 0 Å². The normalized spacial score (nSPS) is 27.9. The summed E-state index contributed by atoms with van der Waals surface area (Å²) in [6.45, 7) is 0.513. The highest BCUT2D eigenvalue weighted by Crippen LogP contribution is 2.63. The van der Waals surface area contributed by atoms with Crippen LogP contribution in [0.3, 0.4) is 0 Å². The lowest BCUT2D eigenvalue weighted by Crippen LogP contribution is -2.45. The van der Waals surface area contributed by atoms with Gasteiger partial charge in [-0.2, -0.15) is 15.6 Å². The number of nitrogens with zero attached hydrogens (tertiary/aromatic N) is 6. The van der Waals surface area contributed by atoms with Crippen LogP contribution in [-0.2, 0) is 4.79 Å². The molecule has 2 atom stereocenters.